The third-order valence-corrected chi connectivity index (χ3v) is 2.83. The fraction of sp³-hybridized carbons (Fsp3) is 0.0667. The molecule has 0 saturated carbocycles. The van der Waals surface area contributed by atoms with E-state index in [0.717, 1.165) is 16.8 Å². The molecule has 0 aliphatic carbocycles. The first-order chi connectivity index (χ1) is 9.33. The van der Waals surface area contributed by atoms with E-state index in [4.69, 9.17) is 4.42 Å². The molecule has 0 bridgehead atoms. The van der Waals surface area contributed by atoms with E-state index < -0.39 is 0 Å². The van der Waals surface area contributed by atoms with Crippen molar-refractivity contribution < 1.29 is 4.42 Å². The normalized spacial score (nSPS) is 10.4. The second-order valence-corrected chi connectivity index (χ2v) is 4.22. The maximum atomic E-state index is 5.60. The first-order valence-electron chi connectivity index (χ1n) is 6.04. The minimum Gasteiger partial charge on any atom is -0.403 e. The summed E-state index contributed by atoms with van der Waals surface area (Å²) in [4.78, 5) is 0. The summed E-state index contributed by atoms with van der Waals surface area (Å²) in [6.07, 6.45) is 0. The van der Waals surface area contributed by atoms with E-state index in [1.54, 1.807) is 0 Å². The number of rotatable bonds is 3. The highest BCUT2D eigenvalue weighted by atomic mass is 16.4. The molecule has 0 radical (unpaired) electrons. The highest BCUT2D eigenvalue weighted by molar-refractivity contribution is 5.58. The van der Waals surface area contributed by atoms with E-state index in [0.29, 0.717) is 11.9 Å². The van der Waals surface area contributed by atoms with Crippen molar-refractivity contribution in [1.82, 2.24) is 10.2 Å². The molecule has 3 rings (SSSR count). The zero-order valence-corrected chi connectivity index (χ0v) is 10.5. The summed E-state index contributed by atoms with van der Waals surface area (Å²) in [6, 6.07) is 18.0. The van der Waals surface area contributed by atoms with E-state index in [1.165, 1.54) is 0 Å². The lowest BCUT2D eigenvalue weighted by atomic mass is 10.2. The molecule has 2 aromatic carbocycles. The van der Waals surface area contributed by atoms with Crippen molar-refractivity contribution >= 4 is 11.7 Å². The van der Waals surface area contributed by atoms with Gasteiger partial charge >= 0.3 is 6.01 Å². The molecular formula is C15H13N3O. The fourth-order valence-corrected chi connectivity index (χ4v) is 1.80. The Morgan fingerprint density at radius 3 is 2.42 bits per heavy atom. The van der Waals surface area contributed by atoms with Gasteiger partial charge in [0, 0.05) is 11.3 Å². The molecule has 1 N–H and O–H groups in total. The summed E-state index contributed by atoms with van der Waals surface area (Å²) in [6.45, 7) is 2.02. The number of anilines is 2. The summed E-state index contributed by atoms with van der Waals surface area (Å²) in [5.74, 6) is 0.511. The van der Waals surface area contributed by atoms with Crippen LogP contribution in [0.2, 0.25) is 0 Å². The van der Waals surface area contributed by atoms with Gasteiger partial charge in [-0.05, 0) is 30.7 Å². The number of benzene rings is 2. The summed E-state index contributed by atoms with van der Waals surface area (Å²) in [7, 11) is 0. The molecule has 0 aliphatic rings. The third kappa shape index (κ3) is 2.47. The minimum atomic E-state index is 0.396. The molecule has 0 saturated heterocycles. The van der Waals surface area contributed by atoms with Crippen LogP contribution in [0.5, 0.6) is 0 Å². The van der Waals surface area contributed by atoms with Gasteiger partial charge in [-0.25, -0.2) is 0 Å². The number of nitrogens with zero attached hydrogens (tertiary/aromatic N) is 2. The highest BCUT2D eigenvalue weighted by Crippen LogP contribution is 2.23. The number of aryl methyl sites for hydroxylation is 1. The van der Waals surface area contributed by atoms with Gasteiger partial charge in [0.25, 0.3) is 0 Å². The second-order valence-electron chi connectivity index (χ2n) is 4.22. The first-order valence-corrected chi connectivity index (χ1v) is 6.04. The molecule has 4 nitrogen and oxygen atoms in total. The van der Waals surface area contributed by atoms with Gasteiger partial charge in [-0.3, -0.25) is 0 Å². The first kappa shape index (κ1) is 11.5. The van der Waals surface area contributed by atoms with Crippen molar-refractivity contribution in [2.75, 3.05) is 5.32 Å². The molecule has 19 heavy (non-hydrogen) atoms. The Labute approximate surface area is 111 Å². The summed E-state index contributed by atoms with van der Waals surface area (Å²) >= 11 is 0. The SMILES string of the molecule is Cc1ccccc1Nc1nnc(-c2ccccc2)o1. The van der Waals surface area contributed by atoms with Gasteiger partial charge in [0.1, 0.15) is 0 Å². The van der Waals surface area contributed by atoms with Gasteiger partial charge in [-0.1, -0.05) is 41.5 Å². The van der Waals surface area contributed by atoms with E-state index in [1.807, 2.05) is 61.5 Å². The van der Waals surface area contributed by atoms with Gasteiger partial charge in [0.05, 0.1) is 0 Å². The Morgan fingerprint density at radius 2 is 1.63 bits per heavy atom. The topological polar surface area (TPSA) is 51.0 Å². The zero-order chi connectivity index (χ0) is 13.1. The summed E-state index contributed by atoms with van der Waals surface area (Å²) in [5, 5.41) is 11.2. The smallest absolute Gasteiger partial charge is 0.320 e. The summed E-state index contributed by atoms with van der Waals surface area (Å²) < 4.78 is 5.60. The Hall–Kier alpha value is -2.62. The lowest BCUT2D eigenvalue weighted by molar-refractivity contribution is 0.587. The standard InChI is InChI=1S/C15H13N3O/c1-11-7-5-6-10-13(11)16-15-18-17-14(19-15)12-8-3-2-4-9-12/h2-10H,1H3,(H,16,18). The molecule has 0 atom stereocenters. The Morgan fingerprint density at radius 1 is 0.895 bits per heavy atom. The van der Waals surface area contributed by atoms with Crippen LogP contribution in [0.4, 0.5) is 11.7 Å². The number of hydrogen-bond acceptors (Lipinski definition) is 4. The average Bonchev–Trinajstić information content (AvgIpc) is 2.91. The van der Waals surface area contributed by atoms with Crippen LogP contribution < -0.4 is 5.32 Å². The van der Waals surface area contributed by atoms with Crippen LogP contribution in [-0.4, -0.2) is 10.2 Å². The monoisotopic (exact) mass is 251 g/mol. The Balaban J connectivity index is 1.85. The van der Waals surface area contributed by atoms with Crippen molar-refractivity contribution in [3.8, 4) is 11.5 Å². The predicted molar refractivity (Wildman–Crippen MR) is 74.2 cm³/mol. The molecule has 0 fully saturated rings. The number of nitrogens with one attached hydrogen (secondary N) is 1. The fourth-order valence-electron chi connectivity index (χ4n) is 1.80. The molecule has 3 aromatic rings. The van der Waals surface area contributed by atoms with Crippen molar-refractivity contribution in [2.45, 2.75) is 6.92 Å². The van der Waals surface area contributed by atoms with E-state index in [2.05, 4.69) is 15.5 Å². The number of aromatic nitrogens is 2. The van der Waals surface area contributed by atoms with Crippen LogP contribution >= 0.6 is 0 Å². The van der Waals surface area contributed by atoms with E-state index in [-0.39, 0.29) is 0 Å². The van der Waals surface area contributed by atoms with Gasteiger partial charge in [0.15, 0.2) is 0 Å². The van der Waals surface area contributed by atoms with Gasteiger partial charge < -0.3 is 9.73 Å². The predicted octanol–water partition coefficient (Wildman–Crippen LogP) is 3.79. The zero-order valence-electron chi connectivity index (χ0n) is 10.5. The average molecular weight is 251 g/mol. The van der Waals surface area contributed by atoms with Crippen LogP contribution in [-0.2, 0) is 0 Å². The molecule has 0 spiro atoms. The van der Waals surface area contributed by atoms with Crippen molar-refractivity contribution in [3.63, 3.8) is 0 Å². The van der Waals surface area contributed by atoms with Crippen molar-refractivity contribution in [2.24, 2.45) is 0 Å². The van der Waals surface area contributed by atoms with Gasteiger partial charge in [0.2, 0.25) is 5.89 Å². The lowest BCUT2D eigenvalue weighted by Gasteiger charge is -2.03. The number of para-hydroxylation sites is 1. The van der Waals surface area contributed by atoms with Crippen LogP contribution in [0, 0.1) is 6.92 Å². The second kappa shape index (κ2) is 4.94. The van der Waals surface area contributed by atoms with Crippen LogP contribution in [0.25, 0.3) is 11.5 Å². The molecule has 1 heterocycles. The van der Waals surface area contributed by atoms with Crippen molar-refractivity contribution in [3.05, 3.63) is 60.2 Å². The highest BCUT2D eigenvalue weighted by Gasteiger charge is 2.08. The molecule has 1 aromatic heterocycles. The maximum absolute atomic E-state index is 5.60. The Bertz CT molecular complexity index is 677. The van der Waals surface area contributed by atoms with Gasteiger partial charge in [-0.2, -0.15) is 0 Å². The maximum Gasteiger partial charge on any atom is 0.320 e. The summed E-state index contributed by atoms with van der Waals surface area (Å²) in [5.41, 5.74) is 3.00. The molecule has 0 unspecified atom stereocenters. The number of hydrogen-bond donors (Lipinski definition) is 1. The van der Waals surface area contributed by atoms with Crippen molar-refractivity contribution in [1.29, 1.82) is 0 Å². The molecule has 94 valence electrons. The Kier molecular flexibility index (Phi) is 2.98. The van der Waals surface area contributed by atoms with E-state index >= 15 is 0 Å². The molecule has 0 amide bonds. The van der Waals surface area contributed by atoms with E-state index in [9.17, 15) is 0 Å². The largest absolute Gasteiger partial charge is 0.403 e. The van der Waals surface area contributed by atoms with Crippen LogP contribution in [0.1, 0.15) is 5.56 Å². The molecular weight excluding hydrogens is 238 g/mol. The van der Waals surface area contributed by atoms with Crippen LogP contribution in [0.15, 0.2) is 59.0 Å². The molecule has 4 heteroatoms. The third-order valence-electron chi connectivity index (χ3n) is 2.83. The molecule has 0 aliphatic heterocycles. The quantitative estimate of drug-likeness (QED) is 0.769. The lowest BCUT2D eigenvalue weighted by Crippen LogP contribution is -1.92. The van der Waals surface area contributed by atoms with Crippen LogP contribution in [0.3, 0.4) is 0 Å². The van der Waals surface area contributed by atoms with Gasteiger partial charge in [-0.15, -0.1) is 5.10 Å². The minimum absolute atomic E-state index is 0.396.